The molecule has 7 heteroatoms. The minimum absolute atomic E-state index is 0.0711. The van der Waals surface area contributed by atoms with Crippen LogP contribution in [0.3, 0.4) is 0 Å². The predicted octanol–water partition coefficient (Wildman–Crippen LogP) is 2.46. The van der Waals surface area contributed by atoms with Crippen LogP contribution in [0, 0.1) is 0 Å². The van der Waals surface area contributed by atoms with E-state index in [0.29, 0.717) is 10.9 Å². The molecular weight excluding hydrogens is 332 g/mol. The second-order valence-corrected chi connectivity index (χ2v) is 13.0. The van der Waals surface area contributed by atoms with E-state index in [1.165, 1.54) is 0 Å². The molecular formula is C16H23ClN2O3Si. The molecule has 0 fully saturated rings. The molecule has 2 N–H and O–H groups in total. The fourth-order valence-electron chi connectivity index (χ4n) is 2.07. The van der Waals surface area contributed by atoms with E-state index in [2.05, 4.69) is 0 Å². The summed E-state index contributed by atoms with van der Waals surface area (Å²) in [4.78, 5) is 37.7. The van der Waals surface area contributed by atoms with Gasteiger partial charge in [-0.25, -0.2) is 4.90 Å². The van der Waals surface area contributed by atoms with Crippen LogP contribution in [0.1, 0.15) is 24.8 Å². The number of rotatable bonds is 6. The highest BCUT2D eigenvalue weighted by Crippen LogP contribution is 2.21. The smallest absolute Gasteiger partial charge is 0.249 e. The number of halogens is 1. The van der Waals surface area contributed by atoms with Gasteiger partial charge in [0.1, 0.15) is 0 Å². The monoisotopic (exact) mass is 354 g/mol. The normalized spacial score (nSPS) is 12.6. The number of nitrogens with zero attached hydrogens (tertiary/aromatic N) is 1. The summed E-state index contributed by atoms with van der Waals surface area (Å²) < 4.78 is 0. The maximum absolute atomic E-state index is 12.6. The number of carbonyl (C=O) groups is 3. The molecule has 1 rings (SSSR count). The Morgan fingerprint density at radius 1 is 1.17 bits per heavy atom. The van der Waals surface area contributed by atoms with E-state index >= 15 is 0 Å². The zero-order valence-electron chi connectivity index (χ0n) is 13.7. The van der Waals surface area contributed by atoms with Crippen molar-refractivity contribution in [3.8, 4) is 0 Å². The quantitative estimate of drug-likeness (QED) is 0.628. The minimum Gasteiger partial charge on any atom is -0.322 e. The summed E-state index contributed by atoms with van der Waals surface area (Å²) in [5, 5.41) is 0. The average molecular weight is 355 g/mol. The van der Waals surface area contributed by atoms with E-state index in [4.69, 9.17) is 16.8 Å². The Labute approximate surface area is 142 Å². The summed E-state index contributed by atoms with van der Waals surface area (Å²) in [6.07, 6.45) is 0.0711. The van der Waals surface area contributed by atoms with Crippen LogP contribution in [0.2, 0.25) is 19.1 Å². The third-order valence-electron chi connectivity index (χ3n) is 3.50. The predicted molar refractivity (Wildman–Crippen MR) is 93.5 cm³/mol. The van der Waals surface area contributed by atoms with E-state index in [9.17, 15) is 14.4 Å². The zero-order valence-corrected chi connectivity index (χ0v) is 15.5. The first kappa shape index (κ1) is 19.5. The lowest BCUT2D eigenvalue weighted by Crippen LogP contribution is -2.46. The second-order valence-electron chi connectivity index (χ2n) is 6.02. The number of hydrogen-bond acceptors (Lipinski definition) is 4. The Balaban J connectivity index is 2.95. The Hall–Kier alpha value is -1.50. The van der Waals surface area contributed by atoms with E-state index in [-0.39, 0.29) is 13.0 Å². The topological polar surface area (TPSA) is 80.5 Å². The molecule has 1 unspecified atom stereocenters. The molecule has 0 aliphatic rings. The second kappa shape index (κ2) is 8.38. The average Bonchev–Trinajstić information content (AvgIpc) is 2.52. The van der Waals surface area contributed by atoms with Gasteiger partial charge in [-0.05, 0) is 18.5 Å². The highest BCUT2D eigenvalue weighted by molar-refractivity contribution is 7.19. The van der Waals surface area contributed by atoms with E-state index < -0.39 is 31.0 Å². The third-order valence-corrected chi connectivity index (χ3v) is 5.50. The van der Waals surface area contributed by atoms with Crippen molar-refractivity contribution in [1.29, 1.82) is 0 Å². The van der Waals surface area contributed by atoms with Crippen LogP contribution in [0.25, 0.3) is 0 Å². The molecule has 126 valence electrons. The summed E-state index contributed by atoms with van der Waals surface area (Å²) in [6.45, 7) is 5.10. The van der Waals surface area contributed by atoms with Gasteiger partial charge in [0.05, 0.1) is 12.5 Å². The molecule has 23 heavy (non-hydrogen) atoms. The number of carbonyl (C=O) groups excluding carboxylic acids is 3. The molecule has 3 amide bonds. The summed E-state index contributed by atoms with van der Waals surface area (Å²) >= 11 is 6.21. The summed E-state index contributed by atoms with van der Waals surface area (Å²) in [5.74, 6) is -2.37. The molecule has 1 aromatic carbocycles. The van der Waals surface area contributed by atoms with Crippen molar-refractivity contribution in [3.63, 3.8) is 0 Å². The lowest BCUT2D eigenvalue weighted by molar-refractivity contribution is -0.153. The van der Waals surface area contributed by atoms with Crippen LogP contribution in [0.5, 0.6) is 0 Å². The third kappa shape index (κ3) is 5.89. The maximum atomic E-state index is 12.6. The Morgan fingerprint density at radius 3 is 2.22 bits per heavy atom. The summed E-state index contributed by atoms with van der Waals surface area (Å²) in [6, 6.07) is 9.51. The Bertz CT molecular complexity index is 572. The van der Waals surface area contributed by atoms with Crippen LogP contribution in [-0.4, -0.2) is 36.5 Å². The first-order chi connectivity index (χ1) is 10.7. The molecule has 0 spiro atoms. The molecule has 5 nitrogen and oxygen atoms in total. The van der Waals surface area contributed by atoms with Crippen LogP contribution >= 0.6 is 11.1 Å². The van der Waals surface area contributed by atoms with Gasteiger partial charge in [0.15, 0.2) is 7.38 Å². The molecule has 0 aliphatic heterocycles. The molecule has 0 bridgehead atoms. The fraction of sp³-hybridized carbons (Fsp3) is 0.438. The minimum atomic E-state index is -1.97. The van der Waals surface area contributed by atoms with E-state index in [0.717, 1.165) is 5.56 Å². The van der Waals surface area contributed by atoms with E-state index in [1.807, 2.05) is 19.2 Å². The van der Waals surface area contributed by atoms with Gasteiger partial charge in [-0.3, -0.25) is 14.4 Å². The molecule has 1 aromatic rings. The molecule has 1 atom stereocenters. The van der Waals surface area contributed by atoms with Gasteiger partial charge in [-0.15, -0.1) is 0 Å². The van der Waals surface area contributed by atoms with Crippen molar-refractivity contribution < 1.29 is 14.4 Å². The number of benzene rings is 1. The Kier molecular flexibility index (Phi) is 7.12. The van der Waals surface area contributed by atoms with Crippen molar-refractivity contribution >= 4 is 36.2 Å². The molecule has 0 aromatic heterocycles. The first-order valence-corrected chi connectivity index (χ1v) is 11.7. The molecule has 0 saturated carbocycles. The van der Waals surface area contributed by atoms with Gasteiger partial charge in [-0.2, -0.15) is 11.1 Å². The van der Waals surface area contributed by atoms with Crippen LogP contribution in [0.15, 0.2) is 30.3 Å². The molecule has 0 aliphatic carbocycles. The first-order valence-electron chi connectivity index (χ1n) is 7.51. The SMILES string of the molecule is CC(C(=O)N(C(=O)CN)C(=O)CC[Si](C)(C)Cl)c1ccccc1. The number of amides is 3. The number of imide groups is 3. The van der Waals surface area contributed by atoms with Crippen molar-refractivity contribution in [2.24, 2.45) is 5.73 Å². The largest absolute Gasteiger partial charge is 0.322 e. The van der Waals surface area contributed by atoms with Gasteiger partial charge >= 0.3 is 0 Å². The highest BCUT2D eigenvalue weighted by Gasteiger charge is 2.32. The fourth-order valence-corrected chi connectivity index (χ4v) is 3.16. The van der Waals surface area contributed by atoms with Gasteiger partial charge in [0.25, 0.3) is 0 Å². The van der Waals surface area contributed by atoms with Gasteiger partial charge in [0.2, 0.25) is 17.7 Å². The lowest BCUT2D eigenvalue weighted by atomic mass is 9.99. The number of hydrogen-bond donors (Lipinski definition) is 1. The van der Waals surface area contributed by atoms with Crippen LogP contribution in [-0.2, 0) is 14.4 Å². The van der Waals surface area contributed by atoms with Gasteiger partial charge < -0.3 is 5.73 Å². The Morgan fingerprint density at radius 2 is 1.74 bits per heavy atom. The van der Waals surface area contributed by atoms with Crippen molar-refractivity contribution in [2.45, 2.75) is 38.4 Å². The van der Waals surface area contributed by atoms with Crippen LogP contribution < -0.4 is 5.73 Å². The van der Waals surface area contributed by atoms with Crippen molar-refractivity contribution in [2.75, 3.05) is 6.54 Å². The maximum Gasteiger partial charge on any atom is 0.249 e. The molecule has 0 heterocycles. The highest BCUT2D eigenvalue weighted by atomic mass is 35.6. The number of nitrogens with two attached hydrogens (primary N) is 1. The lowest BCUT2D eigenvalue weighted by Gasteiger charge is -2.23. The van der Waals surface area contributed by atoms with Gasteiger partial charge in [0, 0.05) is 6.42 Å². The van der Waals surface area contributed by atoms with Crippen molar-refractivity contribution in [1.82, 2.24) is 4.90 Å². The molecule has 0 saturated heterocycles. The standard InChI is InChI=1S/C16H23ClN2O3Si/c1-12(13-7-5-4-6-8-13)16(22)19(15(21)11-18)14(20)9-10-23(2,3)17/h4-8,12H,9-11,18H2,1-3H3. The van der Waals surface area contributed by atoms with Gasteiger partial charge in [-0.1, -0.05) is 43.4 Å². The van der Waals surface area contributed by atoms with Crippen molar-refractivity contribution in [3.05, 3.63) is 35.9 Å². The van der Waals surface area contributed by atoms with Crippen LogP contribution in [0.4, 0.5) is 0 Å². The zero-order chi connectivity index (χ0) is 17.6. The molecule has 0 radical (unpaired) electrons. The van der Waals surface area contributed by atoms with E-state index in [1.54, 1.807) is 31.2 Å². The summed E-state index contributed by atoms with van der Waals surface area (Å²) in [7, 11) is -1.97. The summed E-state index contributed by atoms with van der Waals surface area (Å²) in [5.41, 5.74) is 6.10.